The van der Waals surface area contributed by atoms with Crippen LogP contribution in [-0.2, 0) is 11.2 Å². The highest BCUT2D eigenvalue weighted by Crippen LogP contribution is 2.32. The molecule has 0 saturated heterocycles. The summed E-state index contributed by atoms with van der Waals surface area (Å²) in [7, 11) is 0. The van der Waals surface area contributed by atoms with Gasteiger partial charge in [0, 0.05) is 18.1 Å². The number of carboxylic acids is 1. The molecule has 1 saturated carbocycles. The van der Waals surface area contributed by atoms with E-state index < -0.39 is 12.0 Å². The Balaban J connectivity index is 1.66. The first-order chi connectivity index (χ1) is 9.75. The van der Waals surface area contributed by atoms with Gasteiger partial charge in [-0.1, -0.05) is 24.3 Å². The molecule has 1 atom stereocenters. The van der Waals surface area contributed by atoms with Crippen LogP contribution in [0.2, 0.25) is 0 Å². The Morgan fingerprint density at radius 2 is 2.15 bits per heavy atom. The van der Waals surface area contributed by atoms with Gasteiger partial charge >= 0.3 is 5.97 Å². The number of para-hydroxylation sites is 1. The molecule has 104 valence electrons. The molecule has 1 unspecified atom stereocenters. The first-order valence-corrected chi connectivity index (χ1v) is 7.04. The maximum absolute atomic E-state index is 11.2. The maximum Gasteiger partial charge on any atom is 0.320 e. The predicted octanol–water partition coefficient (Wildman–Crippen LogP) is 2.23. The summed E-state index contributed by atoms with van der Waals surface area (Å²) in [6.45, 7) is 0.670. The second kappa shape index (κ2) is 5.59. The smallest absolute Gasteiger partial charge is 0.320 e. The number of carboxylic acid groups (broad SMARTS) is 1. The van der Waals surface area contributed by atoms with Crippen LogP contribution < -0.4 is 5.32 Å². The summed E-state index contributed by atoms with van der Waals surface area (Å²) in [6, 6.07) is 9.71. The Labute approximate surface area is 117 Å². The Morgan fingerprint density at radius 3 is 2.90 bits per heavy atom. The highest BCUT2D eigenvalue weighted by Gasteiger charge is 2.35. The van der Waals surface area contributed by atoms with Crippen molar-refractivity contribution in [2.75, 3.05) is 6.54 Å². The fourth-order valence-corrected chi connectivity index (χ4v) is 2.62. The lowest BCUT2D eigenvalue weighted by Gasteiger charge is -2.13. The van der Waals surface area contributed by atoms with Crippen molar-refractivity contribution >= 4 is 16.9 Å². The Hall–Kier alpha value is -1.94. The zero-order valence-electron chi connectivity index (χ0n) is 11.2. The number of benzene rings is 1. The van der Waals surface area contributed by atoms with Crippen molar-refractivity contribution in [2.24, 2.45) is 5.92 Å². The lowest BCUT2D eigenvalue weighted by Crippen LogP contribution is -2.39. The summed E-state index contributed by atoms with van der Waals surface area (Å²) in [5.74, 6) is -0.415. The molecule has 0 aliphatic heterocycles. The molecule has 1 aliphatic carbocycles. The summed E-state index contributed by atoms with van der Waals surface area (Å²) in [6.07, 6.45) is 4.65. The monoisotopic (exact) mass is 270 g/mol. The number of hydrogen-bond acceptors (Lipinski definition) is 3. The summed E-state index contributed by atoms with van der Waals surface area (Å²) in [5, 5.41) is 13.5. The number of pyridine rings is 1. The van der Waals surface area contributed by atoms with E-state index in [-0.39, 0.29) is 0 Å². The van der Waals surface area contributed by atoms with Gasteiger partial charge < -0.3 is 10.4 Å². The average Bonchev–Trinajstić information content (AvgIpc) is 3.28. The topological polar surface area (TPSA) is 62.2 Å². The molecule has 0 radical (unpaired) electrons. The molecule has 0 spiro atoms. The second-order valence-electron chi connectivity index (χ2n) is 5.35. The van der Waals surface area contributed by atoms with Gasteiger partial charge in [-0.25, -0.2) is 0 Å². The third-order valence-corrected chi connectivity index (χ3v) is 3.83. The van der Waals surface area contributed by atoms with E-state index in [0.29, 0.717) is 12.5 Å². The predicted molar refractivity (Wildman–Crippen MR) is 77.6 cm³/mol. The van der Waals surface area contributed by atoms with Crippen molar-refractivity contribution in [1.82, 2.24) is 10.3 Å². The summed E-state index contributed by atoms with van der Waals surface area (Å²) < 4.78 is 0. The standard InChI is InChI=1S/C16H18N2O2/c19-16(20)15(13-6-7-13)18-10-8-12-4-1-3-11-5-2-9-17-14(11)12/h1-5,9,13,15,18H,6-8,10H2,(H,19,20). The van der Waals surface area contributed by atoms with Gasteiger partial charge in [-0.15, -0.1) is 0 Å². The van der Waals surface area contributed by atoms with Crippen LogP contribution in [0.3, 0.4) is 0 Å². The molecule has 0 amide bonds. The number of aromatic nitrogens is 1. The fourth-order valence-electron chi connectivity index (χ4n) is 2.62. The van der Waals surface area contributed by atoms with Gasteiger partial charge in [-0.2, -0.15) is 0 Å². The van der Waals surface area contributed by atoms with Crippen molar-refractivity contribution in [2.45, 2.75) is 25.3 Å². The third-order valence-electron chi connectivity index (χ3n) is 3.83. The zero-order chi connectivity index (χ0) is 13.9. The first kappa shape index (κ1) is 13.1. The van der Waals surface area contributed by atoms with Gasteiger partial charge in [-0.3, -0.25) is 9.78 Å². The normalized spacial score (nSPS) is 16.2. The van der Waals surface area contributed by atoms with Gasteiger partial charge in [0.2, 0.25) is 0 Å². The van der Waals surface area contributed by atoms with Crippen LogP contribution in [0, 0.1) is 5.92 Å². The number of rotatable bonds is 6. The minimum atomic E-state index is -0.733. The molecule has 20 heavy (non-hydrogen) atoms. The van der Waals surface area contributed by atoms with E-state index in [1.54, 1.807) is 6.20 Å². The number of nitrogens with zero attached hydrogens (tertiary/aromatic N) is 1. The molecule has 1 fully saturated rings. The Kier molecular flexibility index (Phi) is 3.65. The second-order valence-corrected chi connectivity index (χ2v) is 5.35. The summed E-state index contributed by atoms with van der Waals surface area (Å²) >= 11 is 0. The molecule has 1 heterocycles. The Morgan fingerprint density at radius 1 is 1.35 bits per heavy atom. The van der Waals surface area contributed by atoms with Crippen LogP contribution >= 0.6 is 0 Å². The average molecular weight is 270 g/mol. The SMILES string of the molecule is O=C(O)C(NCCc1cccc2cccnc12)C1CC1. The van der Waals surface area contributed by atoms with Crippen LogP contribution in [-0.4, -0.2) is 28.6 Å². The Bertz CT molecular complexity index is 617. The van der Waals surface area contributed by atoms with Crippen LogP contribution in [0.25, 0.3) is 10.9 Å². The molecule has 4 heteroatoms. The van der Waals surface area contributed by atoms with Crippen LogP contribution in [0.1, 0.15) is 18.4 Å². The van der Waals surface area contributed by atoms with Crippen molar-refractivity contribution in [3.8, 4) is 0 Å². The van der Waals surface area contributed by atoms with Gasteiger partial charge in [0.25, 0.3) is 0 Å². The lowest BCUT2D eigenvalue weighted by molar-refractivity contribution is -0.140. The molecular weight excluding hydrogens is 252 g/mol. The molecule has 2 aromatic rings. The minimum Gasteiger partial charge on any atom is -0.480 e. The van der Waals surface area contributed by atoms with E-state index in [2.05, 4.69) is 16.4 Å². The van der Waals surface area contributed by atoms with Crippen LogP contribution in [0.15, 0.2) is 36.5 Å². The van der Waals surface area contributed by atoms with Crippen LogP contribution in [0.4, 0.5) is 0 Å². The molecule has 0 bridgehead atoms. The minimum absolute atomic E-state index is 0.318. The zero-order valence-corrected chi connectivity index (χ0v) is 11.2. The molecule has 3 rings (SSSR count). The number of nitrogens with one attached hydrogen (secondary N) is 1. The van der Waals surface area contributed by atoms with Gasteiger partial charge in [0.1, 0.15) is 6.04 Å². The maximum atomic E-state index is 11.2. The third kappa shape index (κ3) is 2.80. The van der Waals surface area contributed by atoms with Gasteiger partial charge in [-0.05, 0) is 36.8 Å². The molecular formula is C16H18N2O2. The summed E-state index contributed by atoms with van der Waals surface area (Å²) in [5.41, 5.74) is 2.17. The van der Waals surface area contributed by atoms with E-state index in [1.807, 2.05) is 24.3 Å². The number of fused-ring (bicyclic) bond motifs is 1. The molecule has 1 aliphatic rings. The van der Waals surface area contributed by atoms with Gasteiger partial charge in [0.15, 0.2) is 0 Å². The number of aliphatic carboxylic acids is 1. The quantitative estimate of drug-likeness (QED) is 0.845. The van der Waals surface area contributed by atoms with E-state index in [1.165, 1.54) is 0 Å². The van der Waals surface area contributed by atoms with Crippen LogP contribution in [0.5, 0.6) is 0 Å². The molecule has 2 N–H and O–H groups in total. The molecule has 1 aromatic carbocycles. The van der Waals surface area contributed by atoms with E-state index in [4.69, 9.17) is 0 Å². The van der Waals surface area contributed by atoms with Crippen molar-refractivity contribution in [3.05, 3.63) is 42.1 Å². The number of carbonyl (C=O) groups is 1. The van der Waals surface area contributed by atoms with Crippen molar-refractivity contribution in [1.29, 1.82) is 0 Å². The largest absolute Gasteiger partial charge is 0.480 e. The van der Waals surface area contributed by atoms with Gasteiger partial charge in [0.05, 0.1) is 5.52 Å². The molecule has 4 nitrogen and oxygen atoms in total. The fraction of sp³-hybridized carbons (Fsp3) is 0.375. The first-order valence-electron chi connectivity index (χ1n) is 7.04. The van der Waals surface area contributed by atoms with E-state index in [0.717, 1.165) is 35.7 Å². The summed E-state index contributed by atoms with van der Waals surface area (Å²) in [4.78, 5) is 15.6. The van der Waals surface area contributed by atoms with E-state index in [9.17, 15) is 9.90 Å². The van der Waals surface area contributed by atoms with Crippen molar-refractivity contribution < 1.29 is 9.90 Å². The molecule has 1 aromatic heterocycles. The number of hydrogen-bond donors (Lipinski definition) is 2. The van der Waals surface area contributed by atoms with Crippen molar-refractivity contribution in [3.63, 3.8) is 0 Å². The lowest BCUT2D eigenvalue weighted by atomic mass is 10.1. The highest BCUT2D eigenvalue weighted by molar-refractivity contribution is 5.81. The highest BCUT2D eigenvalue weighted by atomic mass is 16.4. The van der Waals surface area contributed by atoms with E-state index >= 15 is 0 Å².